The van der Waals surface area contributed by atoms with Gasteiger partial charge in [0, 0.05) is 6.61 Å². The maximum atomic E-state index is 13.1. The van der Waals surface area contributed by atoms with E-state index in [1.165, 1.54) is 51.9 Å². The third-order valence-electron chi connectivity index (χ3n) is 5.71. The van der Waals surface area contributed by atoms with Crippen LogP contribution >= 0.6 is 0 Å². The minimum Gasteiger partial charge on any atom is -0.396 e. The highest BCUT2D eigenvalue weighted by Crippen LogP contribution is 2.23. The Kier molecular flexibility index (Phi) is 20.5. The molecule has 0 bridgehead atoms. The second-order valence-corrected chi connectivity index (χ2v) is 9.69. The molecule has 0 fully saturated rings. The zero-order valence-electron chi connectivity index (χ0n) is 20.5. The average Bonchev–Trinajstić information content (AvgIpc) is 2.72. The van der Waals surface area contributed by atoms with E-state index in [1.807, 2.05) is 0 Å². The highest BCUT2D eigenvalue weighted by molar-refractivity contribution is 7.79. The number of carbonyl (C=O) groups excluding carboxylic acids is 1. The highest BCUT2D eigenvalue weighted by Gasteiger charge is 2.46. The van der Waals surface area contributed by atoms with Gasteiger partial charge < -0.3 is 20.4 Å². The molecule has 33 heavy (non-hydrogen) atoms. The predicted molar refractivity (Wildman–Crippen MR) is 127 cm³/mol. The lowest BCUT2D eigenvalue weighted by Crippen LogP contribution is -2.63. The molecule has 0 aromatic heterocycles. The summed E-state index contributed by atoms with van der Waals surface area (Å²) in [7, 11) is -4.67. The minimum atomic E-state index is -4.67. The Morgan fingerprint density at radius 1 is 0.727 bits per heavy atom. The van der Waals surface area contributed by atoms with Gasteiger partial charge in [0.05, 0.1) is 19.8 Å². The number of aliphatic hydroxyl groups excluding tert-OH is 3. The van der Waals surface area contributed by atoms with E-state index in [0.29, 0.717) is 13.0 Å². The molecule has 0 aromatic rings. The number of nitrogens with zero attached hydrogens (tertiary/aromatic N) is 1. The van der Waals surface area contributed by atoms with Crippen molar-refractivity contribution in [3.8, 4) is 0 Å². The van der Waals surface area contributed by atoms with E-state index < -0.39 is 16.0 Å². The first-order chi connectivity index (χ1) is 15.4. The number of aliphatic hydroxyl groups is 4. The van der Waals surface area contributed by atoms with E-state index in [9.17, 15) is 20.1 Å². The largest absolute Gasteiger partial charge is 0.396 e. The maximum Gasteiger partial charge on any atom is 0.394 e. The second-order valence-electron chi connectivity index (χ2n) is 8.80. The van der Waals surface area contributed by atoms with Gasteiger partial charge in [0.15, 0.2) is 5.60 Å². The molecule has 0 aliphatic heterocycles. The molecule has 0 saturated carbocycles. The Balaban J connectivity index is 0. The number of hydrogen-bond acceptors (Lipinski definition) is 7. The van der Waals surface area contributed by atoms with Crippen molar-refractivity contribution in [2.75, 3.05) is 39.5 Å². The predicted octanol–water partition coefficient (Wildman–Crippen LogP) is 2.11. The average molecular weight is 503 g/mol. The van der Waals surface area contributed by atoms with Crippen molar-refractivity contribution in [1.29, 1.82) is 0 Å². The number of quaternary nitrogens is 1. The quantitative estimate of drug-likeness (QED) is 0.0878. The van der Waals surface area contributed by atoms with Crippen molar-refractivity contribution in [3.63, 3.8) is 0 Å². The summed E-state index contributed by atoms with van der Waals surface area (Å²) in [6.07, 6.45) is 12.5. The lowest BCUT2D eigenvalue weighted by Gasteiger charge is -2.39. The topological polar surface area (TPSA) is 173 Å². The molecule has 0 rings (SSSR count). The van der Waals surface area contributed by atoms with Crippen LogP contribution in [0.1, 0.15) is 90.9 Å². The SMILES string of the molecule is CCCCCCCCCCCC[N+](CCO)(CCO)C(=O)C(C)(O)CCCO.O=S(=O)(O)O. The molecular weight excluding hydrogens is 454 g/mol. The van der Waals surface area contributed by atoms with Gasteiger partial charge in [-0.05, 0) is 32.6 Å². The molecule has 1 unspecified atom stereocenters. The van der Waals surface area contributed by atoms with Gasteiger partial charge in [0.25, 0.3) is 0 Å². The zero-order valence-corrected chi connectivity index (χ0v) is 21.3. The number of hydrogen-bond donors (Lipinski definition) is 6. The summed E-state index contributed by atoms with van der Waals surface area (Å²) >= 11 is 0. The van der Waals surface area contributed by atoms with E-state index in [1.54, 1.807) is 0 Å². The molecule has 10 nitrogen and oxygen atoms in total. The Hall–Kier alpha value is -0.660. The number of carbonyl (C=O) groups is 1. The number of rotatable bonds is 19. The zero-order chi connectivity index (χ0) is 25.8. The molecule has 1 atom stereocenters. The van der Waals surface area contributed by atoms with Gasteiger partial charge in [0.2, 0.25) is 0 Å². The van der Waals surface area contributed by atoms with Crippen LogP contribution in [0.5, 0.6) is 0 Å². The monoisotopic (exact) mass is 502 g/mol. The maximum absolute atomic E-state index is 13.1. The second kappa shape index (κ2) is 19.6. The van der Waals surface area contributed by atoms with Crippen LogP contribution in [0.2, 0.25) is 0 Å². The molecule has 0 saturated heterocycles. The molecule has 1 amide bonds. The van der Waals surface area contributed by atoms with E-state index in [2.05, 4.69) is 6.92 Å². The summed E-state index contributed by atoms with van der Waals surface area (Å²) in [5, 5.41) is 38.7. The summed E-state index contributed by atoms with van der Waals surface area (Å²) in [6, 6.07) is 0. The summed E-state index contributed by atoms with van der Waals surface area (Å²) in [5.74, 6) is -0.361. The smallest absolute Gasteiger partial charge is 0.394 e. The molecule has 0 aliphatic carbocycles. The van der Waals surface area contributed by atoms with Gasteiger partial charge in [-0.25, -0.2) is 4.79 Å². The van der Waals surface area contributed by atoms with E-state index in [0.717, 1.165) is 19.3 Å². The molecule has 0 aliphatic rings. The van der Waals surface area contributed by atoms with Crippen LogP contribution in [-0.2, 0) is 15.2 Å². The fourth-order valence-corrected chi connectivity index (χ4v) is 3.97. The van der Waals surface area contributed by atoms with Gasteiger partial charge in [-0.3, -0.25) is 13.6 Å². The van der Waals surface area contributed by atoms with Crippen LogP contribution in [0.15, 0.2) is 0 Å². The van der Waals surface area contributed by atoms with Crippen molar-refractivity contribution in [2.45, 2.75) is 96.5 Å². The first-order valence-electron chi connectivity index (χ1n) is 12.1. The molecule has 0 spiro atoms. The van der Waals surface area contributed by atoms with Crippen LogP contribution < -0.4 is 0 Å². The molecule has 0 radical (unpaired) electrons. The third-order valence-corrected chi connectivity index (χ3v) is 5.71. The first-order valence-corrected chi connectivity index (χ1v) is 13.5. The molecule has 0 aromatic carbocycles. The van der Waals surface area contributed by atoms with Crippen LogP contribution in [-0.4, -0.2) is 93.4 Å². The van der Waals surface area contributed by atoms with Crippen LogP contribution in [0, 0.1) is 0 Å². The van der Waals surface area contributed by atoms with Crippen LogP contribution in [0.4, 0.5) is 0 Å². The first kappa shape index (κ1) is 34.5. The standard InChI is InChI=1S/C22H46NO5.H2O4S/c1-3-4-5-6-7-8-9-10-11-12-15-23(16-19-25,17-20-26)21(27)22(2,28)14-13-18-24;1-5(2,3)4/h24-26,28H,3-20H2,1-2H3;(H2,1,2,3,4)/q+1;. The molecule has 11 heteroatoms. The lowest BCUT2D eigenvalue weighted by atomic mass is 9.96. The van der Waals surface area contributed by atoms with Gasteiger partial charge in [-0.15, -0.1) is 0 Å². The van der Waals surface area contributed by atoms with E-state index >= 15 is 0 Å². The summed E-state index contributed by atoms with van der Waals surface area (Å²) < 4.78 is 31.5. The third kappa shape index (κ3) is 19.3. The van der Waals surface area contributed by atoms with Gasteiger partial charge >= 0.3 is 16.3 Å². The van der Waals surface area contributed by atoms with E-state index in [4.69, 9.17) is 22.6 Å². The van der Waals surface area contributed by atoms with Crippen molar-refractivity contribution in [2.24, 2.45) is 0 Å². The normalized spacial score (nSPS) is 13.8. The van der Waals surface area contributed by atoms with Crippen LogP contribution in [0.3, 0.4) is 0 Å². The van der Waals surface area contributed by atoms with E-state index in [-0.39, 0.29) is 49.7 Å². The van der Waals surface area contributed by atoms with Crippen molar-refractivity contribution in [3.05, 3.63) is 0 Å². The Bertz CT molecular complexity index is 568. The minimum absolute atomic E-state index is 0.0815. The Morgan fingerprint density at radius 3 is 1.48 bits per heavy atom. The van der Waals surface area contributed by atoms with Gasteiger partial charge in [-0.2, -0.15) is 8.42 Å². The van der Waals surface area contributed by atoms with Crippen molar-refractivity contribution < 1.29 is 47.2 Å². The highest BCUT2D eigenvalue weighted by atomic mass is 32.3. The molecular formula is C22H48NO9S+. The van der Waals surface area contributed by atoms with Gasteiger partial charge in [0.1, 0.15) is 13.1 Å². The number of amides is 1. The summed E-state index contributed by atoms with van der Waals surface area (Å²) in [5.41, 5.74) is -1.56. The Morgan fingerprint density at radius 2 is 1.12 bits per heavy atom. The fourth-order valence-electron chi connectivity index (χ4n) is 3.97. The van der Waals surface area contributed by atoms with Crippen LogP contribution in [0.25, 0.3) is 0 Å². The lowest BCUT2D eigenvalue weighted by molar-refractivity contribution is -0.859. The van der Waals surface area contributed by atoms with Crippen molar-refractivity contribution >= 4 is 16.3 Å². The summed E-state index contributed by atoms with van der Waals surface area (Å²) in [4.78, 5) is 13.1. The van der Waals surface area contributed by atoms with Gasteiger partial charge in [-0.1, -0.05) is 58.3 Å². The fraction of sp³-hybridized carbons (Fsp3) is 0.955. The summed E-state index contributed by atoms with van der Waals surface area (Å²) in [6.45, 7) is 4.21. The molecule has 6 N–H and O–H groups in total. The Labute approximate surface area is 199 Å². The van der Waals surface area contributed by atoms with Crippen molar-refractivity contribution in [1.82, 2.24) is 0 Å². The molecule has 0 heterocycles. The number of unbranched alkanes of at least 4 members (excludes halogenated alkanes) is 9. The molecule has 200 valence electrons.